The van der Waals surface area contributed by atoms with Crippen molar-refractivity contribution in [2.75, 3.05) is 20.1 Å². The highest BCUT2D eigenvalue weighted by molar-refractivity contribution is 5.76. The van der Waals surface area contributed by atoms with Gasteiger partial charge in [0.2, 0.25) is 11.8 Å². The minimum Gasteiger partial charge on any atom is -0.343 e. The molecule has 16 heavy (non-hydrogen) atoms. The maximum Gasteiger partial charge on any atom is 0.222 e. The molecule has 0 unspecified atom stereocenters. The van der Waals surface area contributed by atoms with Crippen LogP contribution in [0.25, 0.3) is 0 Å². The molecule has 1 aliphatic rings. The zero-order valence-electron chi connectivity index (χ0n) is 10.5. The summed E-state index contributed by atoms with van der Waals surface area (Å²) in [5.74, 6) is 0.420. The second kappa shape index (κ2) is 5.87. The van der Waals surface area contributed by atoms with Gasteiger partial charge < -0.3 is 9.80 Å². The van der Waals surface area contributed by atoms with E-state index in [1.165, 1.54) is 0 Å². The first kappa shape index (κ1) is 13.0. The molecule has 0 N–H and O–H groups in total. The van der Waals surface area contributed by atoms with Crippen molar-refractivity contribution < 1.29 is 9.59 Å². The summed E-state index contributed by atoms with van der Waals surface area (Å²) >= 11 is 0. The van der Waals surface area contributed by atoms with E-state index >= 15 is 0 Å². The number of rotatable bonds is 3. The number of carbonyl (C=O) groups excluding carboxylic acids is 2. The molecule has 0 spiro atoms. The molecule has 1 heterocycles. The summed E-state index contributed by atoms with van der Waals surface area (Å²) in [7, 11) is 1.87. The van der Waals surface area contributed by atoms with Gasteiger partial charge in [0, 0.05) is 39.0 Å². The van der Waals surface area contributed by atoms with Crippen LogP contribution in [0.15, 0.2) is 0 Å². The summed E-state index contributed by atoms with van der Waals surface area (Å²) in [5.41, 5.74) is 0. The summed E-state index contributed by atoms with van der Waals surface area (Å²) in [4.78, 5) is 26.8. The maximum absolute atomic E-state index is 11.5. The van der Waals surface area contributed by atoms with Crippen LogP contribution in [0, 0.1) is 0 Å². The van der Waals surface area contributed by atoms with Gasteiger partial charge in [-0.1, -0.05) is 13.8 Å². The topological polar surface area (TPSA) is 40.6 Å². The molecule has 0 bridgehead atoms. The lowest BCUT2D eigenvalue weighted by Crippen LogP contribution is -2.47. The van der Waals surface area contributed by atoms with E-state index in [2.05, 4.69) is 0 Å². The number of hydrogen-bond acceptors (Lipinski definition) is 2. The molecule has 1 rings (SSSR count). The van der Waals surface area contributed by atoms with E-state index < -0.39 is 0 Å². The molecule has 0 aromatic rings. The van der Waals surface area contributed by atoms with E-state index in [1.807, 2.05) is 30.7 Å². The Bertz CT molecular complexity index is 258. The minimum atomic E-state index is 0.195. The Morgan fingerprint density at radius 2 is 1.75 bits per heavy atom. The summed E-state index contributed by atoms with van der Waals surface area (Å²) < 4.78 is 0. The first-order valence-corrected chi connectivity index (χ1v) is 6.13. The van der Waals surface area contributed by atoms with Crippen LogP contribution in [0.1, 0.15) is 39.5 Å². The van der Waals surface area contributed by atoms with Crippen molar-refractivity contribution in [3.63, 3.8) is 0 Å². The number of hydrogen-bond donors (Lipinski definition) is 0. The zero-order valence-corrected chi connectivity index (χ0v) is 10.5. The highest BCUT2D eigenvalue weighted by atomic mass is 16.2. The van der Waals surface area contributed by atoms with Crippen molar-refractivity contribution in [2.45, 2.75) is 45.6 Å². The largest absolute Gasteiger partial charge is 0.343 e. The highest BCUT2D eigenvalue weighted by Gasteiger charge is 2.25. The van der Waals surface area contributed by atoms with Crippen LogP contribution in [0.2, 0.25) is 0 Å². The number of amides is 2. The molecule has 1 aliphatic heterocycles. The van der Waals surface area contributed by atoms with E-state index in [1.54, 1.807) is 0 Å². The fourth-order valence-electron chi connectivity index (χ4n) is 2.18. The van der Waals surface area contributed by atoms with Gasteiger partial charge >= 0.3 is 0 Å². The molecule has 0 atom stereocenters. The standard InChI is InChI=1S/C12H22N2O2/c1-4-11(15)13(3)10-6-8-14(9-7-10)12(16)5-2/h10H,4-9H2,1-3H3. The Morgan fingerprint density at radius 3 is 2.19 bits per heavy atom. The summed E-state index contributed by atoms with van der Waals surface area (Å²) in [5, 5.41) is 0. The quantitative estimate of drug-likeness (QED) is 0.727. The molecular formula is C12H22N2O2. The molecule has 92 valence electrons. The zero-order chi connectivity index (χ0) is 12.1. The third-order valence-corrected chi connectivity index (χ3v) is 3.36. The van der Waals surface area contributed by atoms with Gasteiger partial charge in [-0.2, -0.15) is 0 Å². The first-order chi connectivity index (χ1) is 7.60. The smallest absolute Gasteiger partial charge is 0.222 e. The van der Waals surface area contributed by atoms with Crippen molar-refractivity contribution >= 4 is 11.8 Å². The lowest BCUT2D eigenvalue weighted by Gasteiger charge is -2.36. The summed E-state index contributed by atoms with van der Waals surface area (Å²) in [6.07, 6.45) is 2.96. The van der Waals surface area contributed by atoms with Crippen LogP contribution in [0.4, 0.5) is 0 Å². The number of piperidine rings is 1. The molecule has 1 saturated heterocycles. The molecule has 0 aromatic carbocycles. The number of likely N-dealkylation sites (tertiary alicyclic amines) is 1. The minimum absolute atomic E-state index is 0.195. The second-order valence-electron chi connectivity index (χ2n) is 4.32. The maximum atomic E-state index is 11.5. The van der Waals surface area contributed by atoms with Crippen LogP contribution in [0.5, 0.6) is 0 Å². The van der Waals surface area contributed by atoms with Crippen LogP contribution in [0.3, 0.4) is 0 Å². The third kappa shape index (κ3) is 2.97. The van der Waals surface area contributed by atoms with Crippen LogP contribution >= 0.6 is 0 Å². The van der Waals surface area contributed by atoms with Crippen molar-refractivity contribution in [3.8, 4) is 0 Å². The molecule has 0 aromatic heterocycles. The fourth-order valence-corrected chi connectivity index (χ4v) is 2.18. The molecule has 2 amide bonds. The van der Waals surface area contributed by atoms with E-state index in [9.17, 15) is 9.59 Å². The van der Waals surface area contributed by atoms with E-state index in [0.29, 0.717) is 18.9 Å². The summed E-state index contributed by atoms with van der Waals surface area (Å²) in [6, 6.07) is 0.313. The van der Waals surface area contributed by atoms with E-state index in [4.69, 9.17) is 0 Å². The molecule has 1 fully saturated rings. The Balaban J connectivity index is 2.42. The number of carbonyl (C=O) groups is 2. The Kier molecular flexibility index (Phi) is 4.77. The lowest BCUT2D eigenvalue weighted by atomic mass is 10.0. The van der Waals surface area contributed by atoms with Crippen molar-refractivity contribution in [1.29, 1.82) is 0 Å². The number of nitrogens with zero attached hydrogens (tertiary/aromatic N) is 2. The Hall–Kier alpha value is -1.06. The fraction of sp³-hybridized carbons (Fsp3) is 0.833. The Morgan fingerprint density at radius 1 is 1.19 bits per heavy atom. The first-order valence-electron chi connectivity index (χ1n) is 6.13. The lowest BCUT2D eigenvalue weighted by molar-refractivity contribution is -0.135. The molecule has 0 radical (unpaired) electrons. The van der Waals surface area contributed by atoms with Crippen LogP contribution in [-0.4, -0.2) is 47.8 Å². The molecule has 0 saturated carbocycles. The van der Waals surface area contributed by atoms with Crippen LogP contribution < -0.4 is 0 Å². The normalized spacial score (nSPS) is 17.3. The van der Waals surface area contributed by atoms with Crippen LogP contribution in [-0.2, 0) is 9.59 Å². The van der Waals surface area contributed by atoms with Gasteiger partial charge in [-0.15, -0.1) is 0 Å². The predicted octanol–water partition coefficient (Wildman–Crippen LogP) is 1.26. The highest BCUT2D eigenvalue weighted by Crippen LogP contribution is 2.16. The molecule has 4 nitrogen and oxygen atoms in total. The van der Waals surface area contributed by atoms with Gasteiger partial charge in [0.25, 0.3) is 0 Å². The Labute approximate surface area is 97.6 Å². The van der Waals surface area contributed by atoms with Gasteiger partial charge in [-0.3, -0.25) is 9.59 Å². The van der Waals surface area contributed by atoms with E-state index in [0.717, 1.165) is 25.9 Å². The third-order valence-electron chi connectivity index (χ3n) is 3.36. The van der Waals surface area contributed by atoms with Gasteiger partial charge in [0.15, 0.2) is 0 Å². The van der Waals surface area contributed by atoms with Gasteiger partial charge in [-0.05, 0) is 12.8 Å². The van der Waals surface area contributed by atoms with Crippen molar-refractivity contribution in [1.82, 2.24) is 9.80 Å². The average Bonchev–Trinajstić information content (AvgIpc) is 2.36. The second-order valence-corrected chi connectivity index (χ2v) is 4.32. The van der Waals surface area contributed by atoms with Gasteiger partial charge in [0.05, 0.1) is 0 Å². The van der Waals surface area contributed by atoms with Crippen molar-refractivity contribution in [3.05, 3.63) is 0 Å². The molecule has 0 aliphatic carbocycles. The van der Waals surface area contributed by atoms with Gasteiger partial charge in [0.1, 0.15) is 0 Å². The van der Waals surface area contributed by atoms with E-state index in [-0.39, 0.29) is 11.8 Å². The average molecular weight is 226 g/mol. The van der Waals surface area contributed by atoms with Gasteiger partial charge in [-0.25, -0.2) is 0 Å². The van der Waals surface area contributed by atoms with Crippen molar-refractivity contribution in [2.24, 2.45) is 0 Å². The monoisotopic (exact) mass is 226 g/mol. The SMILES string of the molecule is CCC(=O)N1CCC(N(C)C(=O)CC)CC1. The molecular weight excluding hydrogens is 204 g/mol. The summed E-state index contributed by atoms with van der Waals surface area (Å²) in [6.45, 7) is 5.35. The molecule has 4 heteroatoms. The predicted molar refractivity (Wildman–Crippen MR) is 63.0 cm³/mol.